The molecule has 4 rings (SSSR count). The highest BCUT2D eigenvalue weighted by atomic mass is 16.5. The molecular formula is C18H22N4O2. The van der Waals surface area contributed by atoms with Gasteiger partial charge in [-0.15, -0.1) is 0 Å². The smallest absolute Gasteiger partial charge is 0.251 e. The fraction of sp³-hybridized carbons (Fsp3) is 0.444. The van der Waals surface area contributed by atoms with Crippen LogP contribution in [0.4, 0.5) is 0 Å². The summed E-state index contributed by atoms with van der Waals surface area (Å²) in [5.74, 6) is 0.767. The Bertz CT molecular complexity index is 747. The lowest BCUT2D eigenvalue weighted by Gasteiger charge is -2.26. The molecule has 6 nitrogen and oxygen atoms in total. The highest BCUT2D eigenvalue weighted by Crippen LogP contribution is 2.33. The van der Waals surface area contributed by atoms with Gasteiger partial charge < -0.3 is 20.4 Å². The number of aromatic nitrogens is 2. The zero-order chi connectivity index (χ0) is 16.5. The van der Waals surface area contributed by atoms with Gasteiger partial charge in [0.2, 0.25) is 0 Å². The second kappa shape index (κ2) is 6.28. The van der Waals surface area contributed by atoms with E-state index >= 15 is 0 Å². The van der Waals surface area contributed by atoms with Gasteiger partial charge >= 0.3 is 0 Å². The van der Waals surface area contributed by atoms with Crippen LogP contribution in [0, 0.1) is 0 Å². The highest BCUT2D eigenvalue weighted by Gasteiger charge is 2.22. The van der Waals surface area contributed by atoms with Gasteiger partial charge in [0.25, 0.3) is 5.91 Å². The molecule has 2 heterocycles. The number of amides is 1. The van der Waals surface area contributed by atoms with E-state index in [2.05, 4.69) is 14.9 Å². The molecule has 1 saturated carbocycles. The number of nitrogens with zero attached hydrogens (tertiary/aromatic N) is 2. The molecule has 0 atom stereocenters. The molecular weight excluding hydrogens is 304 g/mol. The van der Waals surface area contributed by atoms with Crippen molar-refractivity contribution in [2.45, 2.75) is 44.3 Å². The van der Waals surface area contributed by atoms with E-state index in [0.717, 1.165) is 49.2 Å². The molecule has 1 amide bonds. The van der Waals surface area contributed by atoms with Crippen LogP contribution in [0.1, 0.15) is 36.0 Å². The first kappa shape index (κ1) is 15.2. The summed E-state index contributed by atoms with van der Waals surface area (Å²) in [6.45, 7) is 1.36. The standard InChI is InChI=1S/C18H22N4O2/c19-13-2-4-14(5-3-13)21-18(23)12-1-6-17-15(9-12)16-10-20-11-22(16)7-8-24-17/h1,6,9-11,13-14H,2-5,7-8,19H2,(H,21,23). The number of rotatable bonds is 2. The van der Waals surface area contributed by atoms with Crippen molar-refractivity contribution in [3.05, 3.63) is 36.3 Å². The molecule has 24 heavy (non-hydrogen) atoms. The molecule has 0 unspecified atom stereocenters. The maximum Gasteiger partial charge on any atom is 0.251 e. The summed E-state index contributed by atoms with van der Waals surface area (Å²) < 4.78 is 7.84. The Morgan fingerprint density at radius 1 is 1.29 bits per heavy atom. The van der Waals surface area contributed by atoms with Gasteiger partial charge in [0.1, 0.15) is 12.4 Å². The van der Waals surface area contributed by atoms with Crippen molar-refractivity contribution in [3.63, 3.8) is 0 Å². The van der Waals surface area contributed by atoms with Crippen molar-refractivity contribution in [2.24, 2.45) is 5.73 Å². The summed E-state index contributed by atoms with van der Waals surface area (Å²) in [5.41, 5.74) is 8.49. The predicted octanol–water partition coefficient (Wildman–Crippen LogP) is 1.94. The number of fused-ring (bicyclic) bond motifs is 3. The van der Waals surface area contributed by atoms with Crippen LogP contribution in [0.5, 0.6) is 5.75 Å². The molecule has 1 fully saturated rings. The lowest BCUT2D eigenvalue weighted by molar-refractivity contribution is 0.0926. The second-order valence-electron chi connectivity index (χ2n) is 6.62. The normalized spacial score (nSPS) is 22.7. The fourth-order valence-corrected chi connectivity index (χ4v) is 3.51. The van der Waals surface area contributed by atoms with E-state index in [1.165, 1.54) is 0 Å². The molecule has 2 aliphatic rings. The first-order valence-electron chi connectivity index (χ1n) is 8.54. The number of ether oxygens (including phenoxy) is 1. The Balaban J connectivity index is 1.56. The van der Waals surface area contributed by atoms with Gasteiger partial charge in [-0.2, -0.15) is 0 Å². The molecule has 6 heteroatoms. The lowest BCUT2D eigenvalue weighted by Crippen LogP contribution is -2.40. The van der Waals surface area contributed by atoms with Gasteiger partial charge in [0, 0.05) is 23.2 Å². The fourth-order valence-electron chi connectivity index (χ4n) is 3.51. The SMILES string of the molecule is NC1CCC(NC(=O)c2ccc3c(c2)-c2cncn2CCO3)CC1. The van der Waals surface area contributed by atoms with Crippen LogP contribution in [-0.4, -0.2) is 34.1 Å². The van der Waals surface area contributed by atoms with E-state index in [1.54, 1.807) is 6.33 Å². The van der Waals surface area contributed by atoms with E-state index in [9.17, 15) is 4.79 Å². The van der Waals surface area contributed by atoms with Crippen LogP contribution in [0.3, 0.4) is 0 Å². The van der Waals surface area contributed by atoms with Crippen molar-refractivity contribution in [1.29, 1.82) is 0 Å². The summed E-state index contributed by atoms with van der Waals surface area (Å²) in [7, 11) is 0. The third-order valence-corrected chi connectivity index (χ3v) is 4.93. The molecule has 1 aromatic carbocycles. The summed E-state index contributed by atoms with van der Waals surface area (Å²) >= 11 is 0. The van der Waals surface area contributed by atoms with Crippen LogP contribution in [0.15, 0.2) is 30.7 Å². The number of carbonyl (C=O) groups excluding carboxylic acids is 1. The molecule has 3 N–H and O–H groups in total. The summed E-state index contributed by atoms with van der Waals surface area (Å²) in [4.78, 5) is 16.8. The number of imidazole rings is 1. The number of nitrogens with one attached hydrogen (secondary N) is 1. The molecule has 1 aromatic heterocycles. The van der Waals surface area contributed by atoms with E-state index in [-0.39, 0.29) is 18.0 Å². The summed E-state index contributed by atoms with van der Waals surface area (Å²) in [6.07, 6.45) is 7.47. The largest absolute Gasteiger partial charge is 0.491 e. The summed E-state index contributed by atoms with van der Waals surface area (Å²) in [6, 6.07) is 6.11. The average molecular weight is 326 g/mol. The van der Waals surface area contributed by atoms with Gasteiger partial charge in [0.15, 0.2) is 0 Å². The zero-order valence-corrected chi connectivity index (χ0v) is 13.6. The molecule has 0 spiro atoms. The number of benzene rings is 1. The molecule has 0 saturated heterocycles. The minimum Gasteiger partial charge on any atom is -0.491 e. The molecule has 1 aliphatic carbocycles. The van der Waals surface area contributed by atoms with Crippen molar-refractivity contribution in [2.75, 3.05) is 6.61 Å². The third-order valence-electron chi connectivity index (χ3n) is 4.93. The quantitative estimate of drug-likeness (QED) is 0.883. The molecule has 2 aromatic rings. The van der Waals surface area contributed by atoms with Gasteiger partial charge in [-0.25, -0.2) is 4.98 Å². The Morgan fingerprint density at radius 3 is 2.96 bits per heavy atom. The van der Waals surface area contributed by atoms with Crippen LogP contribution < -0.4 is 15.8 Å². The minimum absolute atomic E-state index is 0.0337. The molecule has 0 bridgehead atoms. The third kappa shape index (κ3) is 2.89. The minimum atomic E-state index is -0.0337. The van der Waals surface area contributed by atoms with E-state index in [4.69, 9.17) is 10.5 Å². The topological polar surface area (TPSA) is 82.2 Å². The van der Waals surface area contributed by atoms with Crippen LogP contribution in [0.2, 0.25) is 0 Å². The maximum atomic E-state index is 12.6. The monoisotopic (exact) mass is 326 g/mol. The van der Waals surface area contributed by atoms with Gasteiger partial charge in [-0.05, 0) is 43.9 Å². The Labute approximate surface area is 141 Å². The predicted molar refractivity (Wildman–Crippen MR) is 90.9 cm³/mol. The first-order chi connectivity index (χ1) is 11.7. The van der Waals surface area contributed by atoms with Crippen LogP contribution in [-0.2, 0) is 6.54 Å². The maximum absolute atomic E-state index is 12.6. The molecule has 126 valence electrons. The number of carbonyl (C=O) groups is 1. The Kier molecular flexibility index (Phi) is 3.98. The second-order valence-corrected chi connectivity index (χ2v) is 6.62. The number of nitrogens with two attached hydrogens (primary N) is 1. The lowest BCUT2D eigenvalue weighted by atomic mass is 9.91. The van der Waals surface area contributed by atoms with E-state index in [0.29, 0.717) is 12.2 Å². The van der Waals surface area contributed by atoms with Crippen molar-refractivity contribution < 1.29 is 9.53 Å². The van der Waals surface area contributed by atoms with Crippen LogP contribution >= 0.6 is 0 Å². The first-order valence-corrected chi connectivity index (χ1v) is 8.54. The zero-order valence-electron chi connectivity index (χ0n) is 13.6. The van der Waals surface area contributed by atoms with Crippen molar-refractivity contribution >= 4 is 5.91 Å². The van der Waals surface area contributed by atoms with Crippen LogP contribution in [0.25, 0.3) is 11.3 Å². The summed E-state index contributed by atoms with van der Waals surface area (Å²) in [5, 5.41) is 3.14. The average Bonchev–Trinajstić information content (AvgIpc) is 2.98. The molecule has 0 radical (unpaired) electrons. The van der Waals surface area contributed by atoms with Gasteiger partial charge in [0.05, 0.1) is 24.8 Å². The highest BCUT2D eigenvalue weighted by molar-refractivity contribution is 5.96. The van der Waals surface area contributed by atoms with Gasteiger partial charge in [-0.3, -0.25) is 4.79 Å². The Hall–Kier alpha value is -2.34. The number of hydrogen-bond acceptors (Lipinski definition) is 4. The molecule has 1 aliphatic heterocycles. The van der Waals surface area contributed by atoms with E-state index in [1.807, 2.05) is 24.4 Å². The Morgan fingerprint density at radius 2 is 2.12 bits per heavy atom. The number of hydrogen-bond donors (Lipinski definition) is 2. The van der Waals surface area contributed by atoms with Crippen molar-refractivity contribution in [3.8, 4) is 17.0 Å². The van der Waals surface area contributed by atoms with Gasteiger partial charge in [-0.1, -0.05) is 0 Å². The van der Waals surface area contributed by atoms with E-state index < -0.39 is 0 Å². The van der Waals surface area contributed by atoms with Crippen molar-refractivity contribution in [1.82, 2.24) is 14.9 Å².